The van der Waals surface area contributed by atoms with Gasteiger partial charge in [0.2, 0.25) is 5.91 Å². The molecule has 1 saturated heterocycles. The Labute approximate surface area is 204 Å². The number of hydrogen-bond acceptors (Lipinski definition) is 8. The first-order valence-corrected chi connectivity index (χ1v) is 12.4. The fourth-order valence-corrected chi connectivity index (χ4v) is 5.41. The van der Waals surface area contributed by atoms with Crippen LogP contribution in [0.5, 0.6) is 11.5 Å². The van der Waals surface area contributed by atoms with Crippen LogP contribution in [-0.4, -0.2) is 60.3 Å². The van der Waals surface area contributed by atoms with E-state index in [1.54, 1.807) is 20.3 Å². The second-order valence-electron chi connectivity index (χ2n) is 8.76. The highest BCUT2D eigenvalue weighted by molar-refractivity contribution is 8.16. The van der Waals surface area contributed by atoms with E-state index in [-0.39, 0.29) is 18.4 Å². The molecule has 1 atom stereocenters. The molecule has 182 valence electrons. The van der Waals surface area contributed by atoms with Gasteiger partial charge in [-0.1, -0.05) is 11.8 Å². The van der Waals surface area contributed by atoms with Crippen LogP contribution in [-0.2, 0) is 14.3 Å². The number of amides is 1. The van der Waals surface area contributed by atoms with Crippen molar-refractivity contribution in [1.29, 1.82) is 0 Å². The predicted molar refractivity (Wildman–Crippen MR) is 132 cm³/mol. The lowest BCUT2D eigenvalue weighted by molar-refractivity contribution is -0.143. The third-order valence-corrected chi connectivity index (χ3v) is 6.93. The number of aliphatic imine (C=N–C) groups is 1. The minimum Gasteiger partial charge on any atom is -0.497 e. The maximum atomic E-state index is 13.3. The molecule has 0 N–H and O–H groups in total. The Morgan fingerprint density at radius 3 is 2.35 bits per heavy atom. The lowest BCUT2D eigenvalue weighted by atomic mass is 9.93. The number of amidine groups is 1. The molecule has 0 radical (unpaired) electrons. The molecule has 3 heterocycles. The molecular formula is C25H31N3O5S. The summed E-state index contributed by atoms with van der Waals surface area (Å²) < 4.78 is 16.6. The Bertz CT molecular complexity index is 1050. The summed E-state index contributed by atoms with van der Waals surface area (Å²) in [5.41, 5.74) is 2.64. The fraction of sp³-hybridized carbons (Fsp3) is 0.480. The van der Waals surface area contributed by atoms with Gasteiger partial charge >= 0.3 is 5.97 Å². The van der Waals surface area contributed by atoms with Crippen LogP contribution >= 0.6 is 11.8 Å². The molecule has 0 aliphatic carbocycles. The summed E-state index contributed by atoms with van der Waals surface area (Å²) >= 11 is 1.46. The molecule has 0 saturated carbocycles. The van der Waals surface area contributed by atoms with Crippen molar-refractivity contribution in [1.82, 2.24) is 9.80 Å². The third-order valence-electron chi connectivity index (χ3n) is 6.04. The maximum Gasteiger partial charge on any atom is 0.338 e. The van der Waals surface area contributed by atoms with Gasteiger partial charge < -0.3 is 24.0 Å². The van der Waals surface area contributed by atoms with Crippen molar-refractivity contribution < 1.29 is 23.8 Å². The van der Waals surface area contributed by atoms with Crippen molar-refractivity contribution >= 4 is 28.8 Å². The molecule has 1 aromatic rings. The monoisotopic (exact) mass is 485 g/mol. The van der Waals surface area contributed by atoms with Crippen molar-refractivity contribution in [3.05, 3.63) is 46.1 Å². The van der Waals surface area contributed by atoms with Crippen molar-refractivity contribution in [3.63, 3.8) is 0 Å². The van der Waals surface area contributed by atoms with E-state index in [2.05, 4.69) is 0 Å². The van der Waals surface area contributed by atoms with Gasteiger partial charge in [0.1, 0.15) is 11.5 Å². The van der Waals surface area contributed by atoms with Gasteiger partial charge in [-0.15, -0.1) is 0 Å². The molecule has 4 rings (SSSR count). The Morgan fingerprint density at radius 2 is 1.76 bits per heavy atom. The van der Waals surface area contributed by atoms with Crippen LogP contribution in [0.15, 0.2) is 45.6 Å². The summed E-state index contributed by atoms with van der Waals surface area (Å²) in [4.78, 5) is 34.9. The standard InChI is InChI=1S/C25H31N3O5S/c1-15(2)33-24(30)22-16(3)26-25-28(18(14-34-25)12-21(29)27-8-6-7-9-27)23(22)17-10-19(31-4)13-20(11-17)32-5/h10-11,13-15,23H,6-9,12H2,1-5H3. The molecule has 8 nitrogen and oxygen atoms in total. The highest BCUT2D eigenvalue weighted by Gasteiger charge is 2.42. The number of thioether (sulfide) groups is 1. The van der Waals surface area contributed by atoms with E-state index >= 15 is 0 Å². The van der Waals surface area contributed by atoms with Crippen molar-refractivity contribution in [2.24, 2.45) is 4.99 Å². The zero-order chi connectivity index (χ0) is 24.4. The Morgan fingerprint density at radius 1 is 1.12 bits per heavy atom. The molecule has 0 bridgehead atoms. The van der Waals surface area contributed by atoms with Gasteiger partial charge in [0, 0.05) is 24.9 Å². The summed E-state index contributed by atoms with van der Waals surface area (Å²) in [5.74, 6) is 0.880. The van der Waals surface area contributed by atoms with E-state index in [9.17, 15) is 9.59 Å². The highest BCUT2D eigenvalue weighted by atomic mass is 32.2. The average molecular weight is 486 g/mol. The first-order valence-electron chi connectivity index (χ1n) is 11.5. The second-order valence-corrected chi connectivity index (χ2v) is 9.59. The number of fused-ring (bicyclic) bond motifs is 1. The number of hydrogen-bond donors (Lipinski definition) is 0. The molecular weight excluding hydrogens is 454 g/mol. The summed E-state index contributed by atoms with van der Waals surface area (Å²) in [7, 11) is 3.18. The Kier molecular flexibility index (Phi) is 7.21. The number of ether oxygens (including phenoxy) is 3. The molecule has 0 spiro atoms. The smallest absolute Gasteiger partial charge is 0.338 e. The van der Waals surface area contributed by atoms with Crippen molar-refractivity contribution in [3.8, 4) is 11.5 Å². The maximum absolute atomic E-state index is 13.3. The summed E-state index contributed by atoms with van der Waals surface area (Å²) in [6, 6.07) is 5.02. The van der Waals surface area contributed by atoms with E-state index in [1.807, 2.05) is 48.1 Å². The largest absolute Gasteiger partial charge is 0.497 e. The van der Waals surface area contributed by atoms with Gasteiger partial charge in [-0.3, -0.25) is 4.79 Å². The van der Waals surface area contributed by atoms with Crippen molar-refractivity contribution in [2.75, 3.05) is 27.3 Å². The molecule has 1 unspecified atom stereocenters. The molecule has 9 heteroatoms. The van der Waals surface area contributed by atoms with Gasteiger partial charge in [-0.25, -0.2) is 9.79 Å². The zero-order valence-electron chi connectivity index (χ0n) is 20.3. The number of carbonyl (C=O) groups is 2. The number of esters is 1. The minimum atomic E-state index is -0.532. The molecule has 3 aliphatic heterocycles. The van der Waals surface area contributed by atoms with Crippen LogP contribution in [0.2, 0.25) is 0 Å². The summed E-state index contributed by atoms with van der Waals surface area (Å²) in [6.45, 7) is 7.05. The molecule has 34 heavy (non-hydrogen) atoms. The zero-order valence-corrected chi connectivity index (χ0v) is 21.1. The van der Waals surface area contributed by atoms with Crippen molar-refractivity contribution in [2.45, 2.75) is 52.2 Å². The summed E-state index contributed by atoms with van der Waals surface area (Å²) in [6.07, 6.45) is 2.04. The van der Waals surface area contributed by atoms with E-state index in [0.717, 1.165) is 42.4 Å². The van der Waals surface area contributed by atoms with Crippen LogP contribution in [0.3, 0.4) is 0 Å². The lowest BCUT2D eigenvalue weighted by Gasteiger charge is -2.37. The van der Waals surface area contributed by atoms with Crippen LogP contribution in [0.25, 0.3) is 0 Å². The van der Waals surface area contributed by atoms with Crippen LogP contribution in [0, 0.1) is 0 Å². The Hall–Kier alpha value is -2.94. The van der Waals surface area contributed by atoms with E-state index in [0.29, 0.717) is 22.8 Å². The van der Waals surface area contributed by atoms with E-state index in [4.69, 9.17) is 19.2 Å². The molecule has 1 aromatic carbocycles. The number of methoxy groups -OCH3 is 2. The molecule has 0 aromatic heterocycles. The predicted octanol–water partition coefficient (Wildman–Crippen LogP) is 4.24. The number of carbonyl (C=O) groups excluding carboxylic acids is 2. The van der Waals surface area contributed by atoms with Crippen LogP contribution < -0.4 is 9.47 Å². The number of nitrogens with zero attached hydrogens (tertiary/aromatic N) is 3. The molecule has 1 fully saturated rings. The first kappa shape index (κ1) is 24.2. The SMILES string of the molecule is COc1cc(OC)cc(C2C(C(=O)OC(C)C)=C(C)N=C3SC=C(CC(=O)N4CCCC4)N32)c1. The number of allylic oxidation sites excluding steroid dienone is 1. The molecule has 3 aliphatic rings. The Balaban J connectivity index is 1.78. The van der Waals surface area contributed by atoms with Crippen LogP contribution in [0.4, 0.5) is 0 Å². The highest BCUT2D eigenvalue weighted by Crippen LogP contribution is 2.46. The third kappa shape index (κ3) is 4.80. The number of likely N-dealkylation sites (tertiary alicyclic amines) is 1. The topological polar surface area (TPSA) is 80.7 Å². The second kappa shape index (κ2) is 10.1. The normalized spacial score (nSPS) is 19.8. The van der Waals surface area contributed by atoms with Crippen LogP contribution in [0.1, 0.15) is 51.6 Å². The first-order chi connectivity index (χ1) is 16.3. The minimum absolute atomic E-state index is 0.0881. The van der Waals surface area contributed by atoms with Gasteiger partial charge in [0.05, 0.1) is 44.1 Å². The number of rotatable bonds is 7. The van der Waals surface area contributed by atoms with Gasteiger partial charge in [0.25, 0.3) is 0 Å². The van der Waals surface area contributed by atoms with E-state index < -0.39 is 12.0 Å². The van der Waals surface area contributed by atoms with Gasteiger partial charge in [-0.05, 0) is 56.7 Å². The lowest BCUT2D eigenvalue weighted by Crippen LogP contribution is -2.38. The number of benzene rings is 1. The summed E-state index contributed by atoms with van der Waals surface area (Å²) in [5, 5.41) is 2.69. The van der Waals surface area contributed by atoms with Gasteiger partial charge in [0.15, 0.2) is 5.17 Å². The van der Waals surface area contributed by atoms with Gasteiger partial charge in [-0.2, -0.15) is 0 Å². The average Bonchev–Trinajstić information content (AvgIpc) is 3.48. The van der Waals surface area contributed by atoms with E-state index in [1.165, 1.54) is 11.8 Å². The fourth-order valence-electron chi connectivity index (χ4n) is 4.44. The molecule has 1 amide bonds. The quantitative estimate of drug-likeness (QED) is 0.534.